The number of amides is 1. The van der Waals surface area contributed by atoms with E-state index in [1.54, 1.807) is 24.3 Å². The molecule has 3 rings (SSSR count). The van der Waals surface area contributed by atoms with Gasteiger partial charge in [-0.25, -0.2) is 14.4 Å². The summed E-state index contributed by atoms with van der Waals surface area (Å²) in [6, 6.07) is 4.31. The van der Waals surface area contributed by atoms with Crippen molar-refractivity contribution in [1.29, 1.82) is 0 Å². The number of thiophene rings is 1. The predicted molar refractivity (Wildman–Crippen MR) is 102 cm³/mol. The van der Waals surface area contributed by atoms with Crippen molar-refractivity contribution in [3.63, 3.8) is 0 Å². The van der Waals surface area contributed by atoms with E-state index in [1.807, 2.05) is 6.92 Å². The Balaban J connectivity index is 1.77. The van der Waals surface area contributed by atoms with Crippen LogP contribution < -0.4 is 5.32 Å². The number of halogens is 1. The van der Waals surface area contributed by atoms with Crippen LogP contribution in [0.5, 0.6) is 0 Å². The molecule has 0 fully saturated rings. The van der Waals surface area contributed by atoms with Crippen molar-refractivity contribution in [2.75, 3.05) is 11.1 Å². The lowest BCUT2D eigenvalue weighted by Crippen LogP contribution is -2.15. The van der Waals surface area contributed by atoms with Gasteiger partial charge in [-0.1, -0.05) is 11.8 Å². The molecule has 3 aromatic rings. The van der Waals surface area contributed by atoms with E-state index in [0.717, 1.165) is 20.8 Å². The molecule has 130 valence electrons. The lowest BCUT2D eigenvalue weighted by atomic mass is 10.2. The van der Waals surface area contributed by atoms with Crippen LogP contribution in [0.3, 0.4) is 0 Å². The molecule has 0 aliphatic carbocycles. The Bertz CT molecular complexity index is 969. The fraction of sp³-hybridized carbons (Fsp3) is 0.278. The number of hydrogen-bond donors (Lipinski definition) is 1. The number of fused-ring (bicyclic) bond motifs is 1. The highest BCUT2D eigenvalue weighted by Crippen LogP contribution is 2.35. The van der Waals surface area contributed by atoms with E-state index in [1.165, 1.54) is 28.8 Å². The Morgan fingerprint density at radius 3 is 2.72 bits per heavy atom. The fourth-order valence-electron chi connectivity index (χ4n) is 2.51. The highest BCUT2D eigenvalue weighted by Gasteiger charge is 2.15. The van der Waals surface area contributed by atoms with Crippen molar-refractivity contribution in [3.8, 4) is 0 Å². The van der Waals surface area contributed by atoms with Crippen LogP contribution in [-0.2, 0) is 4.79 Å². The normalized spacial score (nSPS) is 11.1. The number of nitrogens with one attached hydrogen (secondary N) is 1. The number of hydrogen-bond acceptors (Lipinski definition) is 5. The maximum Gasteiger partial charge on any atom is 0.234 e. The second-order valence-corrected chi connectivity index (χ2v) is 8.00. The fourth-order valence-corrected chi connectivity index (χ4v) is 4.58. The molecule has 0 aliphatic heterocycles. The molecule has 0 atom stereocenters. The number of thioether (sulfide) groups is 1. The Hall–Kier alpha value is -1.99. The number of carbonyl (C=O) groups excluding carboxylic acids is 1. The van der Waals surface area contributed by atoms with Gasteiger partial charge in [0.15, 0.2) is 0 Å². The Kier molecular flexibility index (Phi) is 5.06. The second kappa shape index (κ2) is 7.09. The van der Waals surface area contributed by atoms with Gasteiger partial charge in [-0.3, -0.25) is 4.79 Å². The van der Waals surface area contributed by atoms with Gasteiger partial charge in [0, 0.05) is 16.0 Å². The number of carbonyl (C=O) groups is 1. The lowest BCUT2D eigenvalue weighted by molar-refractivity contribution is -0.113. The van der Waals surface area contributed by atoms with Crippen LogP contribution in [0, 0.1) is 33.5 Å². The Morgan fingerprint density at radius 2 is 2.00 bits per heavy atom. The zero-order chi connectivity index (χ0) is 18.1. The van der Waals surface area contributed by atoms with Crippen LogP contribution in [0.1, 0.15) is 21.8 Å². The van der Waals surface area contributed by atoms with Crippen LogP contribution in [0.15, 0.2) is 23.2 Å². The summed E-state index contributed by atoms with van der Waals surface area (Å²) in [5, 5.41) is 4.68. The maximum atomic E-state index is 13.2. The van der Waals surface area contributed by atoms with E-state index in [-0.39, 0.29) is 17.5 Å². The lowest BCUT2D eigenvalue weighted by Gasteiger charge is -2.09. The predicted octanol–water partition coefficient (Wildman–Crippen LogP) is 4.79. The van der Waals surface area contributed by atoms with Crippen molar-refractivity contribution < 1.29 is 9.18 Å². The molecule has 0 aliphatic rings. The highest BCUT2D eigenvalue weighted by molar-refractivity contribution is 8.00. The Morgan fingerprint density at radius 1 is 1.24 bits per heavy atom. The molecular weight excluding hydrogens is 357 g/mol. The van der Waals surface area contributed by atoms with Crippen molar-refractivity contribution >= 4 is 44.9 Å². The molecule has 7 heteroatoms. The summed E-state index contributed by atoms with van der Waals surface area (Å²) in [5.74, 6) is 0.475. The minimum absolute atomic E-state index is 0.145. The van der Waals surface area contributed by atoms with Gasteiger partial charge in [-0.05, 0) is 57.0 Å². The molecule has 0 saturated heterocycles. The second-order valence-electron chi connectivity index (χ2n) is 5.84. The zero-order valence-corrected chi connectivity index (χ0v) is 16.1. The monoisotopic (exact) mass is 375 g/mol. The molecule has 0 radical (unpaired) electrons. The van der Waals surface area contributed by atoms with Gasteiger partial charge in [0.25, 0.3) is 0 Å². The van der Waals surface area contributed by atoms with E-state index >= 15 is 0 Å². The van der Waals surface area contributed by atoms with Crippen molar-refractivity contribution in [3.05, 3.63) is 45.8 Å². The smallest absolute Gasteiger partial charge is 0.234 e. The molecule has 0 spiro atoms. The summed E-state index contributed by atoms with van der Waals surface area (Å²) in [4.78, 5) is 23.4. The van der Waals surface area contributed by atoms with Gasteiger partial charge < -0.3 is 5.32 Å². The highest BCUT2D eigenvalue weighted by atomic mass is 32.2. The molecule has 0 bridgehead atoms. The molecule has 25 heavy (non-hydrogen) atoms. The molecule has 0 unspecified atom stereocenters. The number of aromatic nitrogens is 2. The average molecular weight is 375 g/mol. The van der Waals surface area contributed by atoms with Gasteiger partial charge in [-0.2, -0.15) is 0 Å². The van der Waals surface area contributed by atoms with E-state index < -0.39 is 0 Å². The van der Waals surface area contributed by atoms with E-state index in [4.69, 9.17) is 0 Å². The third-order valence-corrected chi connectivity index (χ3v) is 5.99. The molecule has 1 aromatic carbocycles. The number of benzene rings is 1. The first kappa shape index (κ1) is 17.8. The number of nitrogens with zero attached hydrogens (tertiary/aromatic N) is 2. The van der Waals surface area contributed by atoms with Crippen LogP contribution in [0.25, 0.3) is 10.2 Å². The van der Waals surface area contributed by atoms with Gasteiger partial charge in [0.2, 0.25) is 5.91 Å². The van der Waals surface area contributed by atoms with Gasteiger partial charge in [0.05, 0.1) is 5.75 Å². The molecule has 1 amide bonds. The minimum Gasteiger partial charge on any atom is -0.325 e. The quantitative estimate of drug-likeness (QED) is 0.526. The first-order valence-electron chi connectivity index (χ1n) is 7.78. The van der Waals surface area contributed by atoms with Crippen molar-refractivity contribution in [1.82, 2.24) is 9.97 Å². The summed E-state index contributed by atoms with van der Waals surface area (Å²) in [6.45, 7) is 7.74. The van der Waals surface area contributed by atoms with Gasteiger partial charge >= 0.3 is 0 Å². The molecule has 4 nitrogen and oxygen atoms in total. The number of rotatable bonds is 4. The zero-order valence-electron chi connectivity index (χ0n) is 14.4. The Labute approximate surface area is 153 Å². The van der Waals surface area contributed by atoms with Crippen molar-refractivity contribution in [2.45, 2.75) is 32.7 Å². The van der Waals surface area contributed by atoms with E-state index in [2.05, 4.69) is 29.1 Å². The third kappa shape index (κ3) is 3.82. The summed E-state index contributed by atoms with van der Waals surface area (Å²) in [5.41, 5.74) is 2.48. The van der Waals surface area contributed by atoms with Crippen LogP contribution in [0.4, 0.5) is 10.1 Å². The molecule has 2 aromatic heterocycles. The number of anilines is 1. The molecule has 2 heterocycles. The standard InChI is InChI=1S/C18H18FN3OS2/c1-9-7-13(19)5-6-14(9)22-15(23)8-24-17-16-10(2)11(3)25-18(16)21-12(4)20-17/h5-7H,8H2,1-4H3,(H,22,23). The first-order valence-corrected chi connectivity index (χ1v) is 9.58. The maximum absolute atomic E-state index is 13.2. The first-order chi connectivity index (χ1) is 11.8. The largest absolute Gasteiger partial charge is 0.325 e. The molecule has 1 N–H and O–H groups in total. The summed E-state index contributed by atoms with van der Waals surface area (Å²) in [6.07, 6.45) is 0. The molecule has 0 saturated carbocycles. The van der Waals surface area contributed by atoms with E-state index in [9.17, 15) is 9.18 Å². The van der Waals surface area contributed by atoms with E-state index in [0.29, 0.717) is 17.1 Å². The van der Waals surface area contributed by atoms with Gasteiger partial charge in [-0.15, -0.1) is 11.3 Å². The van der Waals surface area contributed by atoms with Gasteiger partial charge in [0.1, 0.15) is 21.5 Å². The topological polar surface area (TPSA) is 54.9 Å². The number of aryl methyl sites for hydroxylation is 4. The van der Waals surface area contributed by atoms with Crippen LogP contribution >= 0.6 is 23.1 Å². The molecular formula is C18H18FN3OS2. The SMILES string of the molecule is Cc1nc(SCC(=O)Nc2ccc(F)cc2C)c2c(C)c(C)sc2n1. The summed E-state index contributed by atoms with van der Waals surface area (Å²) >= 11 is 3.04. The summed E-state index contributed by atoms with van der Waals surface area (Å²) < 4.78 is 13.2. The average Bonchev–Trinajstić information content (AvgIpc) is 2.82. The van der Waals surface area contributed by atoms with Crippen molar-refractivity contribution in [2.24, 2.45) is 0 Å². The van der Waals surface area contributed by atoms with Crippen LogP contribution in [0.2, 0.25) is 0 Å². The third-order valence-electron chi connectivity index (χ3n) is 3.91. The summed E-state index contributed by atoms with van der Waals surface area (Å²) in [7, 11) is 0. The van der Waals surface area contributed by atoms with Crippen LogP contribution in [-0.4, -0.2) is 21.6 Å². The minimum atomic E-state index is -0.313.